The number of para-hydroxylation sites is 2. The monoisotopic (exact) mass is 420 g/mol. The van der Waals surface area contributed by atoms with Crippen LogP contribution in [0.3, 0.4) is 0 Å². The highest BCUT2D eigenvalue weighted by molar-refractivity contribution is 9.10. The molecule has 27 heavy (non-hydrogen) atoms. The van der Waals surface area contributed by atoms with Gasteiger partial charge >= 0.3 is 0 Å². The topological polar surface area (TPSA) is 27.1 Å². The average molecular weight is 421 g/mol. The second-order valence-corrected chi connectivity index (χ2v) is 7.71. The van der Waals surface area contributed by atoms with Gasteiger partial charge in [0.05, 0.1) is 11.0 Å². The summed E-state index contributed by atoms with van der Waals surface area (Å²) in [7, 11) is 0. The van der Waals surface area contributed by atoms with Gasteiger partial charge in [0, 0.05) is 11.0 Å². The molecule has 0 fully saturated rings. The third-order valence-electron chi connectivity index (χ3n) is 4.66. The molecular formula is C23H21BrN2O. The summed E-state index contributed by atoms with van der Waals surface area (Å²) in [4.78, 5) is 4.82. The van der Waals surface area contributed by atoms with Gasteiger partial charge in [-0.2, -0.15) is 0 Å². The first-order valence-corrected chi connectivity index (χ1v) is 9.78. The van der Waals surface area contributed by atoms with Gasteiger partial charge in [0.25, 0.3) is 0 Å². The van der Waals surface area contributed by atoms with Crippen LogP contribution in [0.1, 0.15) is 22.5 Å². The molecule has 0 saturated heterocycles. The van der Waals surface area contributed by atoms with E-state index in [1.165, 1.54) is 11.1 Å². The summed E-state index contributed by atoms with van der Waals surface area (Å²) in [6.07, 6.45) is 0. The zero-order valence-electron chi connectivity index (χ0n) is 15.4. The fourth-order valence-electron chi connectivity index (χ4n) is 3.24. The SMILES string of the molecule is Cc1ccc(C)c(OCc2nc3ccccc3n2Cc2cccc(Br)c2)c1. The lowest BCUT2D eigenvalue weighted by molar-refractivity contribution is 0.289. The summed E-state index contributed by atoms with van der Waals surface area (Å²) in [6, 6.07) is 22.9. The van der Waals surface area contributed by atoms with Crippen molar-refractivity contribution < 1.29 is 4.74 Å². The number of fused-ring (bicyclic) bond motifs is 1. The van der Waals surface area contributed by atoms with E-state index in [2.05, 4.69) is 82.9 Å². The summed E-state index contributed by atoms with van der Waals surface area (Å²) in [6.45, 7) is 5.34. The van der Waals surface area contributed by atoms with Crippen LogP contribution in [0.15, 0.2) is 71.2 Å². The fourth-order valence-corrected chi connectivity index (χ4v) is 3.68. The van der Waals surface area contributed by atoms with Crippen LogP contribution in [0.5, 0.6) is 5.75 Å². The highest BCUT2D eigenvalue weighted by Gasteiger charge is 2.12. The molecule has 0 aliphatic rings. The summed E-state index contributed by atoms with van der Waals surface area (Å²) in [5.41, 5.74) is 5.66. The molecule has 1 heterocycles. The predicted octanol–water partition coefficient (Wildman–Crippen LogP) is 6.04. The maximum absolute atomic E-state index is 6.14. The van der Waals surface area contributed by atoms with Crippen LogP contribution in [-0.2, 0) is 13.2 Å². The Balaban J connectivity index is 1.68. The van der Waals surface area contributed by atoms with E-state index in [-0.39, 0.29) is 0 Å². The first-order valence-electron chi connectivity index (χ1n) is 8.99. The lowest BCUT2D eigenvalue weighted by Gasteiger charge is -2.13. The number of aryl methyl sites for hydroxylation is 2. The van der Waals surface area contributed by atoms with Crippen molar-refractivity contribution >= 4 is 27.0 Å². The number of aromatic nitrogens is 2. The lowest BCUT2D eigenvalue weighted by atomic mass is 10.1. The standard InChI is InChI=1S/C23H21BrN2O/c1-16-10-11-17(2)22(12-16)27-15-23-25-20-8-3-4-9-21(20)26(23)14-18-6-5-7-19(24)13-18/h3-13H,14-15H2,1-2H3. The van der Waals surface area contributed by atoms with Crippen LogP contribution in [0.2, 0.25) is 0 Å². The summed E-state index contributed by atoms with van der Waals surface area (Å²) >= 11 is 3.56. The van der Waals surface area contributed by atoms with Gasteiger partial charge in [-0.05, 0) is 60.9 Å². The maximum Gasteiger partial charge on any atom is 0.148 e. The van der Waals surface area contributed by atoms with E-state index in [9.17, 15) is 0 Å². The number of hydrogen-bond donors (Lipinski definition) is 0. The first kappa shape index (κ1) is 17.8. The number of ether oxygens (including phenoxy) is 1. The molecule has 0 N–H and O–H groups in total. The Morgan fingerprint density at radius 3 is 2.67 bits per heavy atom. The molecule has 3 aromatic carbocycles. The highest BCUT2D eigenvalue weighted by atomic mass is 79.9. The van der Waals surface area contributed by atoms with Crippen molar-refractivity contribution in [3.8, 4) is 5.75 Å². The molecule has 0 atom stereocenters. The molecule has 136 valence electrons. The van der Waals surface area contributed by atoms with E-state index in [0.29, 0.717) is 6.61 Å². The van der Waals surface area contributed by atoms with Crippen LogP contribution < -0.4 is 4.74 Å². The minimum atomic E-state index is 0.437. The molecular weight excluding hydrogens is 400 g/mol. The highest BCUT2D eigenvalue weighted by Crippen LogP contribution is 2.23. The third kappa shape index (κ3) is 3.91. The number of halogens is 1. The van der Waals surface area contributed by atoms with Crippen molar-refractivity contribution in [3.05, 3.63) is 93.7 Å². The van der Waals surface area contributed by atoms with Gasteiger partial charge in [-0.15, -0.1) is 0 Å². The maximum atomic E-state index is 6.14. The molecule has 4 heteroatoms. The smallest absolute Gasteiger partial charge is 0.148 e. The molecule has 3 nitrogen and oxygen atoms in total. The van der Waals surface area contributed by atoms with Crippen molar-refractivity contribution in [2.24, 2.45) is 0 Å². The summed E-state index contributed by atoms with van der Waals surface area (Å²) < 4.78 is 9.46. The Hall–Kier alpha value is -2.59. The van der Waals surface area contributed by atoms with Crippen molar-refractivity contribution in [1.82, 2.24) is 9.55 Å². The second-order valence-electron chi connectivity index (χ2n) is 6.79. The molecule has 0 bridgehead atoms. The van der Waals surface area contributed by atoms with Crippen molar-refractivity contribution in [1.29, 1.82) is 0 Å². The van der Waals surface area contributed by atoms with Crippen molar-refractivity contribution in [2.75, 3.05) is 0 Å². The largest absolute Gasteiger partial charge is 0.485 e. The Morgan fingerprint density at radius 2 is 1.81 bits per heavy atom. The quantitative estimate of drug-likeness (QED) is 0.393. The van der Waals surface area contributed by atoms with Crippen molar-refractivity contribution in [2.45, 2.75) is 27.0 Å². The first-order chi connectivity index (χ1) is 13.1. The molecule has 0 aliphatic carbocycles. The normalized spacial score (nSPS) is 11.1. The zero-order chi connectivity index (χ0) is 18.8. The Morgan fingerprint density at radius 1 is 0.963 bits per heavy atom. The molecule has 0 unspecified atom stereocenters. The van der Waals surface area contributed by atoms with Gasteiger partial charge in [-0.1, -0.05) is 52.3 Å². The minimum Gasteiger partial charge on any atom is -0.485 e. The molecule has 0 amide bonds. The third-order valence-corrected chi connectivity index (χ3v) is 5.16. The van der Waals surface area contributed by atoms with Gasteiger partial charge in [0.15, 0.2) is 0 Å². The van der Waals surface area contributed by atoms with E-state index in [0.717, 1.165) is 39.2 Å². The van der Waals surface area contributed by atoms with Gasteiger partial charge in [0.2, 0.25) is 0 Å². The van der Waals surface area contributed by atoms with E-state index in [4.69, 9.17) is 9.72 Å². The van der Waals surface area contributed by atoms with Crippen LogP contribution in [-0.4, -0.2) is 9.55 Å². The number of imidazole rings is 1. The number of nitrogens with zero attached hydrogens (tertiary/aromatic N) is 2. The molecule has 4 rings (SSSR count). The van der Waals surface area contributed by atoms with Crippen LogP contribution in [0, 0.1) is 13.8 Å². The van der Waals surface area contributed by atoms with E-state index in [1.807, 2.05) is 18.2 Å². The van der Waals surface area contributed by atoms with Crippen molar-refractivity contribution in [3.63, 3.8) is 0 Å². The summed E-state index contributed by atoms with van der Waals surface area (Å²) in [5, 5.41) is 0. The Kier molecular flexibility index (Phi) is 4.99. The van der Waals surface area contributed by atoms with E-state index >= 15 is 0 Å². The molecule has 4 aromatic rings. The average Bonchev–Trinajstić information content (AvgIpc) is 3.00. The molecule has 0 spiro atoms. The molecule has 0 saturated carbocycles. The zero-order valence-corrected chi connectivity index (χ0v) is 17.0. The number of hydrogen-bond acceptors (Lipinski definition) is 2. The van der Waals surface area contributed by atoms with Gasteiger partial charge in [-0.25, -0.2) is 4.98 Å². The number of rotatable bonds is 5. The van der Waals surface area contributed by atoms with Gasteiger partial charge in [-0.3, -0.25) is 0 Å². The van der Waals surface area contributed by atoms with E-state index < -0.39 is 0 Å². The second kappa shape index (κ2) is 7.57. The summed E-state index contributed by atoms with van der Waals surface area (Å²) in [5.74, 6) is 1.84. The molecule has 0 aliphatic heterocycles. The fraction of sp³-hybridized carbons (Fsp3) is 0.174. The predicted molar refractivity (Wildman–Crippen MR) is 113 cm³/mol. The number of benzene rings is 3. The lowest BCUT2D eigenvalue weighted by Crippen LogP contribution is -2.09. The van der Waals surface area contributed by atoms with Crippen LogP contribution in [0.4, 0.5) is 0 Å². The Bertz CT molecular complexity index is 1100. The van der Waals surface area contributed by atoms with Crippen LogP contribution >= 0.6 is 15.9 Å². The molecule has 0 radical (unpaired) electrons. The van der Waals surface area contributed by atoms with E-state index in [1.54, 1.807) is 0 Å². The Labute approximate surface area is 167 Å². The van der Waals surface area contributed by atoms with Gasteiger partial charge in [0.1, 0.15) is 18.2 Å². The van der Waals surface area contributed by atoms with Gasteiger partial charge < -0.3 is 9.30 Å². The molecule has 1 aromatic heterocycles. The minimum absolute atomic E-state index is 0.437. The van der Waals surface area contributed by atoms with Crippen LogP contribution in [0.25, 0.3) is 11.0 Å².